The molecule has 1 N–H and O–H groups in total. The number of piperidine rings is 1. The van der Waals surface area contributed by atoms with Gasteiger partial charge in [-0.25, -0.2) is 8.42 Å². The van der Waals surface area contributed by atoms with Crippen molar-refractivity contribution in [2.75, 3.05) is 24.6 Å². The topological polar surface area (TPSA) is 83.6 Å². The fourth-order valence-electron chi connectivity index (χ4n) is 4.62. The molecule has 2 saturated heterocycles. The molecule has 148 valence electrons. The summed E-state index contributed by atoms with van der Waals surface area (Å²) >= 11 is 0. The lowest BCUT2D eigenvalue weighted by Crippen LogP contribution is -2.54. The second kappa shape index (κ2) is 7.13. The minimum Gasteiger partial charge on any atom is -0.354 e. The molecule has 1 aliphatic carbocycles. The van der Waals surface area contributed by atoms with Gasteiger partial charge in [0.25, 0.3) is 0 Å². The number of rotatable bonds is 5. The highest BCUT2D eigenvalue weighted by atomic mass is 32.2. The van der Waals surface area contributed by atoms with E-state index in [2.05, 4.69) is 26.1 Å². The van der Waals surface area contributed by atoms with Crippen molar-refractivity contribution in [3.05, 3.63) is 0 Å². The zero-order valence-corrected chi connectivity index (χ0v) is 17.0. The Morgan fingerprint density at radius 3 is 2.42 bits per heavy atom. The van der Waals surface area contributed by atoms with Crippen LogP contribution in [-0.4, -0.2) is 55.8 Å². The van der Waals surface area contributed by atoms with Gasteiger partial charge >= 0.3 is 0 Å². The van der Waals surface area contributed by atoms with Crippen molar-refractivity contribution in [1.82, 2.24) is 10.2 Å². The van der Waals surface area contributed by atoms with Crippen LogP contribution >= 0.6 is 0 Å². The number of carbonyl (C=O) groups excluding carboxylic acids is 2. The van der Waals surface area contributed by atoms with Crippen molar-refractivity contribution in [2.45, 2.75) is 58.9 Å². The molecule has 6 nitrogen and oxygen atoms in total. The Kier molecular flexibility index (Phi) is 5.39. The largest absolute Gasteiger partial charge is 0.354 e. The molecule has 0 radical (unpaired) electrons. The van der Waals surface area contributed by atoms with Crippen LogP contribution in [0.5, 0.6) is 0 Å². The second-order valence-electron chi connectivity index (χ2n) is 9.34. The van der Waals surface area contributed by atoms with Crippen LogP contribution in [0.3, 0.4) is 0 Å². The Bertz CT molecular complexity index is 661. The number of carbonyl (C=O) groups is 2. The van der Waals surface area contributed by atoms with Crippen molar-refractivity contribution < 1.29 is 18.0 Å². The summed E-state index contributed by atoms with van der Waals surface area (Å²) in [5, 5.41) is 3.08. The summed E-state index contributed by atoms with van der Waals surface area (Å²) in [7, 11) is -2.90. The smallest absolute Gasteiger partial charge is 0.223 e. The van der Waals surface area contributed by atoms with Crippen molar-refractivity contribution in [2.24, 2.45) is 23.2 Å². The van der Waals surface area contributed by atoms with Gasteiger partial charge in [-0.05, 0) is 42.9 Å². The highest BCUT2D eigenvalue weighted by Crippen LogP contribution is 2.45. The van der Waals surface area contributed by atoms with E-state index < -0.39 is 9.84 Å². The third-order valence-electron chi connectivity index (χ3n) is 6.59. The average molecular weight is 385 g/mol. The Labute approximate surface area is 157 Å². The molecule has 3 aliphatic rings. The first-order valence-electron chi connectivity index (χ1n) is 9.85. The van der Waals surface area contributed by atoms with Crippen LogP contribution in [0.2, 0.25) is 0 Å². The maximum atomic E-state index is 12.7. The fraction of sp³-hybridized carbons (Fsp3) is 0.895. The monoisotopic (exact) mass is 384 g/mol. The van der Waals surface area contributed by atoms with Gasteiger partial charge in [0.1, 0.15) is 0 Å². The summed E-state index contributed by atoms with van der Waals surface area (Å²) in [5.74, 6) is 1.01. The number of nitrogens with zero attached hydrogens (tertiary/aromatic N) is 1. The molecule has 2 aliphatic heterocycles. The van der Waals surface area contributed by atoms with Gasteiger partial charge in [-0.1, -0.05) is 20.8 Å². The molecule has 2 heterocycles. The molecule has 3 atom stereocenters. The summed E-state index contributed by atoms with van der Waals surface area (Å²) < 4.78 is 22.6. The molecule has 0 aromatic carbocycles. The molecule has 3 rings (SSSR count). The summed E-state index contributed by atoms with van der Waals surface area (Å²) in [5.41, 5.74) is 0.0785. The molecule has 0 spiro atoms. The molecule has 1 saturated carbocycles. The van der Waals surface area contributed by atoms with E-state index >= 15 is 0 Å². The number of sulfone groups is 1. The summed E-state index contributed by atoms with van der Waals surface area (Å²) in [6.45, 7) is 7.65. The normalized spacial score (nSPS) is 33.0. The van der Waals surface area contributed by atoms with E-state index in [1.54, 1.807) is 0 Å². The van der Waals surface area contributed by atoms with Gasteiger partial charge in [0.2, 0.25) is 11.8 Å². The van der Waals surface area contributed by atoms with Crippen molar-refractivity contribution in [1.29, 1.82) is 0 Å². The minimum absolute atomic E-state index is 0.0232. The lowest BCUT2D eigenvalue weighted by Gasteiger charge is -2.44. The summed E-state index contributed by atoms with van der Waals surface area (Å²) in [6.07, 6.45) is 4.20. The van der Waals surface area contributed by atoms with Crippen LogP contribution in [-0.2, 0) is 19.4 Å². The van der Waals surface area contributed by atoms with Crippen LogP contribution in [0.1, 0.15) is 52.9 Å². The van der Waals surface area contributed by atoms with E-state index in [-0.39, 0.29) is 46.6 Å². The lowest BCUT2D eigenvalue weighted by atomic mass is 9.62. The van der Waals surface area contributed by atoms with Crippen molar-refractivity contribution in [3.63, 3.8) is 0 Å². The van der Waals surface area contributed by atoms with Gasteiger partial charge in [0.05, 0.1) is 11.5 Å². The Morgan fingerprint density at radius 2 is 1.88 bits per heavy atom. The SMILES string of the molecule is C[C@@H]1CCN(C(=O)CC2CS(=O)(=O)C2)[C@H](CNC(=O)C2CCC2(C)C)C1. The Hall–Kier alpha value is -1.11. The van der Waals surface area contributed by atoms with E-state index in [0.717, 1.165) is 25.7 Å². The van der Waals surface area contributed by atoms with Gasteiger partial charge < -0.3 is 10.2 Å². The highest BCUT2D eigenvalue weighted by Gasteiger charge is 2.43. The first-order chi connectivity index (χ1) is 12.1. The van der Waals surface area contributed by atoms with Crippen molar-refractivity contribution >= 4 is 21.7 Å². The third-order valence-corrected chi connectivity index (χ3v) is 8.55. The molecular weight excluding hydrogens is 352 g/mol. The van der Waals surface area contributed by atoms with Crippen LogP contribution in [0.4, 0.5) is 0 Å². The van der Waals surface area contributed by atoms with Crippen LogP contribution in [0, 0.1) is 23.2 Å². The van der Waals surface area contributed by atoms with Gasteiger partial charge in [-0.15, -0.1) is 0 Å². The molecule has 0 aromatic heterocycles. The number of hydrogen-bond acceptors (Lipinski definition) is 4. The van der Waals surface area contributed by atoms with E-state index in [9.17, 15) is 18.0 Å². The van der Waals surface area contributed by atoms with Gasteiger partial charge in [0.15, 0.2) is 9.84 Å². The predicted molar refractivity (Wildman–Crippen MR) is 100 cm³/mol. The standard InChI is InChI=1S/C19H32N2O4S/c1-13-5-7-21(17(22)9-14-11-26(24,25)12-14)15(8-13)10-20-18(23)16-4-6-19(16,2)3/h13-16H,4-12H2,1-3H3,(H,20,23)/t13-,15+,16?/m1/s1. The molecule has 2 amide bonds. The Balaban J connectivity index is 1.54. The lowest BCUT2D eigenvalue weighted by molar-refractivity contribution is -0.139. The molecule has 3 fully saturated rings. The van der Waals surface area contributed by atoms with E-state index in [4.69, 9.17) is 0 Å². The second-order valence-corrected chi connectivity index (χ2v) is 11.5. The van der Waals surface area contributed by atoms with Gasteiger partial charge in [0, 0.05) is 31.5 Å². The zero-order valence-electron chi connectivity index (χ0n) is 16.2. The molecule has 1 unspecified atom stereocenters. The number of likely N-dealkylation sites (tertiary alicyclic amines) is 1. The highest BCUT2D eigenvalue weighted by molar-refractivity contribution is 7.92. The van der Waals surface area contributed by atoms with Gasteiger partial charge in [-0.3, -0.25) is 9.59 Å². The quantitative estimate of drug-likeness (QED) is 0.780. The summed E-state index contributed by atoms with van der Waals surface area (Å²) in [6, 6.07) is 0.0232. The maximum absolute atomic E-state index is 12.7. The first kappa shape index (κ1) is 19.6. The minimum atomic E-state index is -2.90. The fourth-order valence-corrected chi connectivity index (χ4v) is 6.19. The third kappa shape index (κ3) is 4.24. The molecular formula is C19H32N2O4S. The average Bonchev–Trinajstić information content (AvgIpc) is 2.50. The molecule has 0 aromatic rings. The van der Waals surface area contributed by atoms with Crippen LogP contribution < -0.4 is 5.32 Å². The van der Waals surface area contributed by atoms with Crippen LogP contribution in [0.25, 0.3) is 0 Å². The Morgan fingerprint density at radius 1 is 1.19 bits per heavy atom. The van der Waals surface area contributed by atoms with Gasteiger partial charge in [-0.2, -0.15) is 0 Å². The summed E-state index contributed by atoms with van der Waals surface area (Å²) in [4.78, 5) is 27.0. The van der Waals surface area contributed by atoms with E-state index in [1.807, 2.05) is 4.90 Å². The van der Waals surface area contributed by atoms with E-state index in [1.165, 1.54) is 0 Å². The number of nitrogens with one attached hydrogen (secondary N) is 1. The van der Waals surface area contributed by atoms with Crippen LogP contribution in [0.15, 0.2) is 0 Å². The molecule has 0 bridgehead atoms. The number of hydrogen-bond donors (Lipinski definition) is 1. The maximum Gasteiger partial charge on any atom is 0.223 e. The first-order valence-corrected chi connectivity index (χ1v) is 11.7. The predicted octanol–water partition coefficient (Wildman–Crippen LogP) is 1.60. The molecule has 26 heavy (non-hydrogen) atoms. The van der Waals surface area contributed by atoms with E-state index in [0.29, 0.717) is 25.4 Å². The molecule has 7 heteroatoms. The van der Waals surface area contributed by atoms with Crippen molar-refractivity contribution in [3.8, 4) is 0 Å². The zero-order chi connectivity index (χ0) is 19.1. The number of amides is 2.